The zero-order valence-electron chi connectivity index (χ0n) is 17.2. The molecular weight excluding hydrogens is 346 g/mol. The molecule has 0 fully saturated rings. The van der Waals surface area contributed by atoms with Crippen molar-refractivity contribution in [3.63, 3.8) is 0 Å². The molecule has 3 heteroatoms. The number of rotatable bonds is 10. The van der Waals surface area contributed by atoms with Gasteiger partial charge in [-0.3, -0.25) is 4.79 Å². The fraction of sp³-hybridized carbons (Fsp3) is 0.320. The maximum absolute atomic E-state index is 12.0. The third-order valence-corrected chi connectivity index (χ3v) is 4.43. The van der Waals surface area contributed by atoms with Crippen molar-refractivity contribution in [3.8, 4) is 5.75 Å². The van der Waals surface area contributed by atoms with E-state index in [4.69, 9.17) is 4.74 Å². The molecule has 0 saturated carbocycles. The summed E-state index contributed by atoms with van der Waals surface area (Å²) in [7, 11) is 0. The van der Waals surface area contributed by atoms with Gasteiger partial charge in [-0.2, -0.15) is 0 Å². The van der Waals surface area contributed by atoms with E-state index in [0.29, 0.717) is 18.7 Å². The monoisotopic (exact) mass is 377 g/mol. The highest BCUT2D eigenvalue weighted by Gasteiger charge is 2.03. The molecule has 0 radical (unpaired) electrons. The smallest absolute Gasteiger partial charge is 0.251 e. The number of allylic oxidation sites excluding steroid dienone is 3. The van der Waals surface area contributed by atoms with Crippen molar-refractivity contribution in [2.24, 2.45) is 0 Å². The van der Waals surface area contributed by atoms with E-state index in [9.17, 15) is 4.79 Å². The molecule has 0 aliphatic heterocycles. The molecule has 2 aromatic carbocycles. The first-order valence-corrected chi connectivity index (χ1v) is 9.88. The summed E-state index contributed by atoms with van der Waals surface area (Å²) < 4.78 is 5.80. The van der Waals surface area contributed by atoms with Crippen LogP contribution in [0, 0.1) is 0 Å². The highest BCUT2D eigenvalue weighted by Crippen LogP contribution is 2.13. The lowest BCUT2D eigenvalue weighted by Crippen LogP contribution is -2.25. The van der Waals surface area contributed by atoms with E-state index in [1.54, 1.807) is 0 Å². The maximum Gasteiger partial charge on any atom is 0.251 e. The number of benzene rings is 2. The fourth-order valence-corrected chi connectivity index (χ4v) is 2.74. The molecule has 0 aliphatic rings. The topological polar surface area (TPSA) is 38.3 Å². The molecule has 2 rings (SSSR count). The van der Waals surface area contributed by atoms with Crippen molar-refractivity contribution < 1.29 is 9.53 Å². The Labute approximate surface area is 169 Å². The van der Waals surface area contributed by atoms with Crippen LogP contribution in [-0.2, 0) is 6.42 Å². The van der Waals surface area contributed by atoms with Crippen LogP contribution in [0.5, 0.6) is 5.75 Å². The molecule has 28 heavy (non-hydrogen) atoms. The molecule has 2 aromatic rings. The number of hydrogen-bond donors (Lipinski definition) is 1. The van der Waals surface area contributed by atoms with Gasteiger partial charge in [0.2, 0.25) is 0 Å². The standard InChI is InChI=1S/C25H31NO2/c1-20(2)8-7-9-21(3)17-19-28-24-14-12-22(13-15-24)16-18-26-25(27)23-10-5-4-6-11-23/h4-6,8,10-15,17H,7,9,16,18-19H2,1-3H3,(H,26,27)/b21-17+. The van der Waals surface area contributed by atoms with Gasteiger partial charge in [-0.05, 0) is 75.9 Å². The Kier molecular flexibility index (Phi) is 9.06. The molecule has 3 nitrogen and oxygen atoms in total. The average Bonchev–Trinajstić information content (AvgIpc) is 2.69. The summed E-state index contributed by atoms with van der Waals surface area (Å²) >= 11 is 0. The predicted octanol–water partition coefficient (Wildman–Crippen LogP) is 5.73. The summed E-state index contributed by atoms with van der Waals surface area (Å²) in [5.74, 6) is 0.831. The number of carbonyl (C=O) groups excluding carboxylic acids is 1. The van der Waals surface area contributed by atoms with Crippen LogP contribution in [0.4, 0.5) is 0 Å². The van der Waals surface area contributed by atoms with Crippen molar-refractivity contribution in [1.82, 2.24) is 5.32 Å². The maximum atomic E-state index is 12.0. The Bertz CT molecular complexity index is 785. The van der Waals surface area contributed by atoms with E-state index in [0.717, 1.165) is 25.0 Å². The van der Waals surface area contributed by atoms with Crippen molar-refractivity contribution in [3.05, 3.63) is 89.0 Å². The molecule has 0 aromatic heterocycles. The van der Waals surface area contributed by atoms with Crippen molar-refractivity contribution >= 4 is 5.91 Å². The van der Waals surface area contributed by atoms with Crippen LogP contribution in [-0.4, -0.2) is 19.1 Å². The minimum Gasteiger partial charge on any atom is -0.490 e. The van der Waals surface area contributed by atoms with Gasteiger partial charge in [0.1, 0.15) is 12.4 Å². The van der Waals surface area contributed by atoms with Gasteiger partial charge in [0, 0.05) is 12.1 Å². The van der Waals surface area contributed by atoms with Gasteiger partial charge in [-0.1, -0.05) is 47.6 Å². The van der Waals surface area contributed by atoms with Crippen LogP contribution >= 0.6 is 0 Å². The highest BCUT2D eigenvalue weighted by molar-refractivity contribution is 5.94. The second kappa shape index (κ2) is 11.8. The SMILES string of the molecule is CC(C)=CCC/C(C)=C/COc1ccc(CCNC(=O)c2ccccc2)cc1. The Morgan fingerprint density at radius 2 is 1.68 bits per heavy atom. The zero-order chi connectivity index (χ0) is 20.2. The second-order valence-corrected chi connectivity index (χ2v) is 7.20. The zero-order valence-corrected chi connectivity index (χ0v) is 17.2. The lowest BCUT2D eigenvalue weighted by Gasteiger charge is -2.07. The molecule has 0 atom stereocenters. The Morgan fingerprint density at radius 3 is 2.36 bits per heavy atom. The Balaban J connectivity index is 1.70. The van der Waals surface area contributed by atoms with Crippen molar-refractivity contribution in [2.45, 2.75) is 40.0 Å². The minimum atomic E-state index is -0.0349. The fourth-order valence-electron chi connectivity index (χ4n) is 2.74. The summed E-state index contributed by atoms with van der Waals surface area (Å²) in [6.07, 6.45) is 7.36. The van der Waals surface area contributed by atoms with E-state index in [1.807, 2.05) is 42.5 Å². The number of amides is 1. The van der Waals surface area contributed by atoms with E-state index in [-0.39, 0.29) is 5.91 Å². The summed E-state index contributed by atoms with van der Waals surface area (Å²) in [6, 6.07) is 17.4. The number of ether oxygens (including phenoxy) is 1. The molecule has 0 saturated heterocycles. The normalized spacial score (nSPS) is 11.0. The quantitative estimate of drug-likeness (QED) is 0.537. The molecule has 148 valence electrons. The Morgan fingerprint density at radius 1 is 0.964 bits per heavy atom. The molecule has 1 N–H and O–H groups in total. The van der Waals surface area contributed by atoms with Gasteiger partial charge in [-0.25, -0.2) is 0 Å². The molecule has 0 aliphatic carbocycles. The average molecular weight is 378 g/mol. The first-order valence-electron chi connectivity index (χ1n) is 9.88. The van der Waals surface area contributed by atoms with E-state index >= 15 is 0 Å². The number of hydrogen-bond acceptors (Lipinski definition) is 2. The lowest BCUT2D eigenvalue weighted by atomic mass is 10.1. The second-order valence-electron chi connectivity index (χ2n) is 7.20. The molecule has 1 amide bonds. The Hall–Kier alpha value is -2.81. The first-order chi connectivity index (χ1) is 13.5. The minimum absolute atomic E-state index is 0.0349. The summed E-state index contributed by atoms with van der Waals surface area (Å²) in [5.41, 5.74) is 4.58. The van der Waals surface area contributed by atoms with Gasteiger partial charge >= 0.3 is 0 Å². The number of nitrogens with one attached hydrogen (secondary N) is 1. The highest BCUT2D eigenvalue weighted by atomic mass is 16.5. The van der Waals surface area contributed by atoms with Gasteiger partial charge in [-0.15, -0.1) is 0 Å². The molecule has 0 unspecified atom stereocenters. The van der Waals surface area contributed by atoms with Gasteiger partial charge < -0.3 is 10.1 Å². The largest absolute Gasteiger partial charge is 0.490 e. The third kappa shape index (κ3) is 8.26. The van der Waals surface area contributed by atoms with E-state index in [2.05, 4.69) is 50.4 Å². The summed E-state index contributed by atoms with van der Waals surface area (Å²) in [6.45, 7) is 7.61. The van der Waals surface area contributed by atoms with Gasteiger partial charge in [0.05, 0.1) is 0 Å². The van der Waals surface area contributed by atoms with Gasteiger partial charge in [0.15, 0.2) is 0 Å². The van der Waals surface area contributed by atoms with Crippen LogP contribution in [0.25, 0.3) is 0 Å². The van der Waals surface area contributed by atoms with Crippen LogP contribution in [0.2, 0.25) is 0 Å². The van der Waals surface area contributed by atoms with Crippen LogP contribution in [0.1, 0.15) is 49.5 Å². The van der Waals surface area contributed by atoms with E-state index in [1.165, 1.54) is 16.7 Å². The summed E-state index contributed by atoms with van der Waals surface area (Å²) in [5, 5.41) is 2.95. The lowest BCUT2D eigenvalue weighted by molar-refractivity contribution is 0.0954. The summed E-state index contributed by atoms with van der Waals surface area (Å²) in [4.78, 5) is 12.0. The van der Waals surface area contributed by atoms with Crippen molar-refractivity contribution in [2.75, 3.05) is 13.2 Å². The predicted molar refractivity (Wildman–Crippen MR) is 117 cm³/mol. The van der Waals surface area contributed by atoms with Gasteiger partial charge in [0.25, 0.3) is 5.91 Å². The molecular formula is C25H31NO2. The van der Waals surface area contributed by atoms with Crippen LogP contribution < -0.4 is 10.1 Å². The molecule has 0 heterocycles. The van der Waals surface area contributed by atoms with E-state index < -0.39 is 0 Å². The van der Waals surface area contributed by atoms with Crippen LogP contribution in [0.15, 0.2) is 77.9 Å². The molecule has 0 bridgehead atoms. The van der Waals surface area contributed by atoms with Crippen LogP contribution in [0.3, 0.4) is 0 Å². The molecule has 0 spiro atoms. The first kappa shape index (κ1) is 21.5. The third-order valence-electron chi connectivity index (χ3n) is 4.43. The number of carbonyl (C=O) groups is 1. The van der Waals surface area contributed by atoms with Crippen molar-refractivity contribution in [1.29, 1.82) is 0 Å².